The number of fused-ring (bicyclic) bond motifs is 28. The van der Waals surface area contributed by atoms with Crippen molar-refractivity contribution in [2.45, 2.75) is 245 Å². The molecule has 5 aliphatic heterocycles. The Labute approximate surface area is 851 Å². The fourth-order valence-electron chi connectivity index (χ4n) is 19.4. The number of benzene rings is 17. The van der Waals surface area contributed by atoms with Crippen molar-refractivity contribution in [3.05, 3.63) is 361 Å². The van der Waals surface area contributed by atoms with Gasteiger partial charge in [-0.1, -0.05) is 457 Å². The van der Waals surface area contributed by atoms with E-state index in [0.29, 0.717) is 0 Å². The Morgan fingerprint density at radius 3 is 0.964 bits per heavy atom. The topological polar surface area (TPSA) is 16.2 Å². The van der Waals surface area contributed by atoms with Crippen molar-refractivity contribution in [3.63, 3.8) is 0 Å². The molecule has 0 atom stereocenters. The minimum absolute atomic E-state index is 0.0590. The van der Waals surface area contributed by atoms with Crippen LogP contribution < -0.4 is 24.5 Å². The van der Waals surface area contributed by atoms with Crippen molar-refractivity contribution in [1.29, 1.82) is 0 Å². The van der Waals surface area contributed by atoms with E-state index in [1.54, 1.807) is 0 Å². The lowest BCUT2D eigenvalue weighted by atomic mass is 9.82. The predicted octanol–water partition coefficient (Wildman–Crippen LogP) is 41.4. The monoisotopic (exact) mass is 1910 g/mol. The van der Waals surface area contributed by atoms with E-state index in [0.717, 1.165) is 0 Å². The zero-order valence-electron chi connectivity index (χ0n) is 88.0. The zero-order chi connectivity index (χ0) is 100. The van der Waals surface area contributed by atoms with Gasteiger partial charge in [0.1, 0.15) is 0 Å². The van der Waals surface area contributed by atoms with Crippen LogP contribution in [-0.2, 0) is 16.2 Å². The van der Waals surface area contributed by atoms with Gasteiger partial charge in [0.05, 0.1) is 56.9 Å². The summed E-state index contributed by atoms with van der Waals surface area (Å²) in [6.45, 7) is 54.1. The Morgan fingerprint density at radius 1 is 0.174 bits per heavy atom. The summed E-state index contributed by atoms with van der Waals surface area (Å²) in [5, 5.41) is 10.6. The van der Waals surface area contributed by atoms with E-state index >= 15 is 0 Å². The van der Waals surface area contributed by atoms with E-state index in [4.69, 9.17) is 0 Å². The second kappa shape index (κ2) is 48.4. The largest absolute Gasteiger partial charge is 0.343 e. The Morgan fingerprint density at radius 2 is 0.486 bits per heavy atom. The van der Waals surface area contributed by atoms with E-state index in [1.807, 2.05) is 197 Å². The second-order valence-electron chi connectivity index (χ2n) is 33.3. The Bertz CT molecular complexity index is 7020. The summed E-state index contributed by atoms with van der Waals surface area (Å²) in [4.78, 5) is 25.1. The SMILES string of the molecule is CC.CC.CC.CC.CC.CC.CC.CC.CC.CC.CN1c2ccccc2Sc2c1c1ccccc1c1ccccc21.CN1c2ccccc2Sc2c1ccc1c2-c2ccccc2C1(C)C.CN1c2ccccc2Sc2c1ccc1cc3ccccc3cc21.CN1c2ccccc2Sc2cc3c(cc21)-c1ccccc1C3(C)C.CN1c2ccccc2Sc2cc3c(cc21)C(C)(C)c1ccccc1-3. The van der Waals surface area contributed by atoms with E-state index in [9.17, 15) is 0 Å². The fourth-order valence-corrected chi connectivity index (χ4v) is 25.6. The predicted molar refractivity (Wildman–Crippen MR) is 622 cm³/mol. The molecule has 17 aromatic rings. The molecule has 10 heteroatoms. The minimum atomic E-state index is 0.0590. The van der Waals surface area contributed by atoms with Crippen LogP contribution in [0.4, 0.5) is 56.9 Å². The second-order valence-corrected chi connectivity index (χ2v) is 38.7. The number of anilines is 10. The van der Waals surface area contributed by atoms with Gasteiger partial charge in [-0.2, -0.15) is 0 Å². The van der Waals surface area contributed by atoms with Crippen LogP contribution in [0.2, 0.25) is 0 Å². The quantitative estimate of drug-likeness (QED) is 0.107. The summed E-state index contributed by atoms with van der Waals surface area (Å²) in [5.74, 6) is 0. The third kappa shape index (κ3) is 20.1. The van der Waals surface area contributed by atoms with Gasteiger partial charge in [0.25, 0.3) is 0 Å². The molecule has 0 saturated heterocycles. The molecule has 714 valence electrons. The molecular weight excluding hydrogens is 1770 g/mol. The number of rotatable bonds is 0. The summed E-state index contributed by atoms with van der Waals surface area (Å²) in [7, 11) is 10.9. The summed E-state index contributed by atoms with van der Waals surface area (Å²) >= 11 is 9.46. The van der Waals surface area contributed by atoms with E-state index in [-0.39, 0.29) is 16.2 Å². The third-order valence-electron chi connectivity index (χ3n) is 25.7. The van der Waals surface area contributed by atoms with E-state index in [1.165, 1.54) is 216 Å². The number of para-hydroxylation sites is 5. The first-order valence-electron chi connectivity index (χ1n) is 50.6. The molecule has 3 aliphatic carbocycles. The van der Waals surface area contributed by atoms with Crippen molar-refractivity contribution >= 4 is 159 Å². The van der Waals surface area contributed by atoms with Crippen LogP contribution in [-0.4, -0.2) is 35.2 Å². The van der Waals surface area contributed by atoms with Crippen LogP contribution in [0.25, 0.3) is 76.5 Å². The molecule has 5 heterocycles. The highest BCUT2D eigenvalue weighted by Crippen LogP contribution is 2.62. The third-order valence-corrected chi connectivity index (χ3v) is 31.5. The molecule has 0 fully saturated rings. The average molecular weight is 1920 g/mol. The van der Waals surface area contributed by atoms with E-state index in [2.05, 4.69) is 429 Å². The maximum Gasteiger partial charge on any atom is 0.0636 e. The van der Waals surface area contributed by atoms with Gasteiger partial charge in [0, 0.05) is 111 Å². The Balaban J connectivity index is 0.000000158. The van der Waals surface area contributed by atoms with Crippen LogP contribution in [0.3, 0.4) is 0 Å². The molecule has 8 aliphatic rings. The summed E-state index contributed by atoms with van der Waals surface area (Å²) < 4.78 is 0. The highest BCUT2D eigenvalue weighted by molar-refractivity contribution is 8.01. The van der Waals surface area contributed by atoms with Crippen molar-refractivity contribution < 1.29 is 0 Å². The maximum atomic E-state index is 2.42. The van der Waals surface area contributed by atoms with Gasteiger partial charge in [-0.15, -0.1) is 0 Å². The van der Waals surface area contributed by atoms with Crippen LogP contribution in [0.15, 0.2) is 377 Å². The van der Waals surface area contributed by atoms with Gasteiger partial charge >= 0.3 is 0 Å². The lowest BCUT2D eigenvalue weighted by Gasteiger charge is -2.31. The van der Waals surface area contributed by atoms with Crippen molar-refractivity contribution in [2.75, 3.05) is 59.7 Å². The number of hydrogen-bond acceptors (Lipinski definition) is 10. The molecule has 17 aromatic carbocycles. The molecule has 0 radical (unpaired) electrons. The smallest absolute Gasteiger partial charge is 0.0636 e. The van der Waals surface area contributed by atoms with Crippen LogP contribution >= 0.6 is 58.8 Å². The van der Waals surface area contributed by atoms with Crippen molar-refractivity contribution in [3.8, 4) is 33.4 Å². The first-order chi connectivity index (χ1) is 67.4. The Kier molecular flexibility index (Phi) is 37.5. The normalized spacial score (nSPS) is 13.3. The molecule has 0 unspecified atom stereocenters. The van der Waals surface area contributed by atoms with Crippen LogP contribution in [0, 0.1) is 0 Å². The van der Waals surface area contributed by atoms with Crippen LogP contribution in [0.1, 0.15) is 213 Å². The first-order valence-corrected chi connectivity index (χ1v) is 54.7. The highest BCUT2D eigenvalue weighted by Gasteiger charge is 2.42. The number of nitrogens with zero attached hydrogens (tertiary/aromatic N) is 5. The molecule has 25 rings (SSSR count). The molecule has 0 bridgehead atoms. The molecule has 5 nitrogen and oxygen atoms in total. The minimum Gasteiger partial charge on any atom is -0.343 e. The van der Waals surface area contributed by atoms with Gasteiger partial charge in [0.15, 0.2) is 0 Å². The molecular formula is C128H147N5S5. The summed E-state index contributed by atoms with van der Waals surface area (Å²) in [6.07, 6.45) is 0. The lowest BCUT2D eigenvalue weighted by Crippen LogP contribution is -2.18. The van der Waals surface area contributed by atoms with Gasteiger partial charge in [-0.3, -0.25) is 0 Å². The summed E-state index contributed by atoms with van der Waals surface area (Å²) in [6, 6.07) is 119. The maximum absolute atomic E-state index is 2.42. The highest BCUT2D eigenvalue weighted by atomic mass is 32.2. The first kappa shape index (κ1) is 107. The molecule has 0 saturated carbocycles. The zero-order valence-corrected chi connectivity index (χ0v) is 92.0. The Hall–Kier alpha value is -11.5. The van der Waals surface area contributed by atoms with Gasteiger partial charge in [-0.05, 0) is 208 Å². The van der Waals surface area contributed by atoms with Gasteiger partial charge < -0.3 is 24.5 Å². The standard InChI is InChI=1S/3C22H19NS.2C21H15NS.10C2H6/c1-22(2)16-9-5-4-8-14(16)15-12-21-19(13-17(15)22)23(3)18-10-6-7-11-20(18)24-21;1-22(2)16-9-5-4-8-14(16)15-12-19-21(13-17(15)22)24-20-11-7-6-10-18(20)23(19)3;1-22(2)15-9-5-4-8-14(15)20-16(22)12-13-18-21(20)24-19-11-7-6-10-17(19)23(18)3;1-22-18-12-6-7-13-19(18)23-21-17-11-5-3-9-15(17)14-8-2-4-10-16(14)20(21)22;1-22-18-8-4-5-9-20(18)23-21-17-13-15-7-3-2-6-14(15)12-16(17)10-11-19(21)22;10*1-2/h3*4-13H,1-3H3;2*2-13H,1H3;10*1-2H3. The average Bonchev–Trinajstić information content (AvgIpc) is 1.66. The molecule has 0 N–H and O–H groups in total. The van der Waals surface area contributed by atoms with E-state index < -0.39 is 0 Å². The van der Waals surface area contributed by atoms with Gasteiger partial charge in [0.2, 0.25) is 0 Å². The molecule has 0 spiro atoms. The van der Waals surface area contributed by atoms with Crippen LogP contribution in [0.5, 0.6) is 0 Å². The summed E-state index contributed by atoms with van der Waals surface area (Å²) in [5.41, 5.74) is 30.2. The molecule has 0 aromatic heterocycles. The fraction of sp³-hybridized carbons (Fsp3) is 0.266. The lowest BCUT2D eigenvalue weighted by molar-refractivity contribution is 0.658. The number of hydrogen-bond donors (Lipinski definition) is 0. The molecule has 138 heavy (non-hydrogen) atoms. The van der Waals surface area contributed by atoms with Gasteiger partial charge in [-0.25, -0.2) is 0 Å². The molecule has 0 amide bonds. The van der Waals surface area contributed by atoms with Crippen molar-refractivity contribution in [2.24, 2.45) is 0 Å². The van der Waals surface area contributed by atoms with Crippen molar-refractivity contribution in [1.82, 2.24) is 0 Å².